The van der Waals surface area contributed by atoms with Crippen LogP contribution in [0.3, 0.4) is 0 Å². The number of halogens is 3. The first-order valence-corrected chi connectivity index (χ1v) is 10.4. The number of rotatable bonds is 5. The van der Waals surface area contributed by atoms with Crippen LogP contribution in [0.15, 0.2) is 43.1 Å². The molecular formula is C22H23F3N6O. The molecule has 0 saturated heterocycles. The van der Waals surface area contributed by atoms with Crippen LogP contribution in [0.2, 0.25) is 0 Å². The van der Waals surface area contributed by atoms with Crippen LogP contribution in [-0.4, -0.2) is 37.2 Å². The third kappa shape index (κ3) is 4.49. The van der Waals surface area contributed by atoms with E-state index in [1.165, 1.54) is 12.4 Å². The molecule has 0 atom stereocenters. The molecule has 1 aliphatic rings. The first-order valence-electron chi connectivity index (χ1n) is 10.4. The smallest absolute Gasteiger partial charge is 0.351 e. The summed E-state index contributed by atoms with van der Waals surface area (Å²) in [7, 11) is 0. The summed E-state index contributed by atoms with van der Waals surface area (Å²) in [5.74, 6) is -0.716. The molecule has 4 rings (SSSR count). The summed E-state index contributed by atoms with van der Waals surface area (Å²) in [5, 5.41) is 6.34. The molecule has 7 nitrogen and oxygen atoms in total. The Bertz CT molecular complexity index is 1090. The van der Waals surface area contributed by atoms with Crippen molar-refractivity contribution in [2.45, 2.75) is 50.6 Å². The topological polar surface area (TPSA) is 85.6 Å². The number of aryl methyl sites for hydroxylation is 1. The van der Waals surface area contributed by atoms with Gasteiger partial charge in [-0.2, -0.15) is 18.3 Å². The SMILES string of the molecule is Cc1cncc(-n2cc(C(=O)NCC3(c4cccnc4)CCCCC3)c(C(F)(F)F)n2)n1. The molecule has 1 fully saturated rings. The number of pyridine rings is 1. The maximum absolute atomic E-state index is 13.7. The van der Waals surface area contributed by atoms with E-state index < -0.39 is 23.3 Å². The van der Waals surface area contributed by atoms with Gasteiger partial charge < -0.3 is 5.32 Å². The van der Waals surface area contributed by atoms with Crippen molar-refractivity contribution in [3.05, 3.63) is 65.6 Å². The van der Waals surface area contributed by atoms with Gasteiger partial charge in [-0.3, -0.25) is 14.8 Å². The van der Waals surface area contributed by atoms with Crippen molar-refractivity contribution >= 4 is 5.91 Å². The van der Waals surface area contributed by atoms with Crippen molar-refractivity contribution in [1.82, 2.24) is 30.0 Å². The number of nitrogens with one attached hydrogen (secondary N) is 1. The summed E-state index contributed by atoms with van der Waals surface area (Å²) in [5.41, 5.74) is -0.635. The monoisotopic (exact) mass is 444 g/mol. The Hall–Kier alpha value is -3.30. The lowest BCUT2D eigenvalue weighted by Crippen LogP contribution is -2.42. The molecule has 3 heterocycles. The lowest BCUT2D eigenvalue weighted by molar-refractivity contribution is -0.141. The van der Waals surface area contributed by atoms with Crippen LogP contribution < -0.4 is 5.32 Å². The van der Waals surface area contributed by atoms with E-state index in [0.29, 0.717) is 5.69 Å². The van der Waals surface area contributed by atoms with Crippen LogP contribution in [0, 0.1) is 6.92 Å². The Morgan fingerprint density at radius 3 is 2.59 bits per heavy atom. The van der Waals surface area contributed by atoms with Gasteiger partial charge in [0.25, 0.3) is 5.91 Å². The van der Waals surface area contributed by atoms with Gasteiger partial charge in [-0.1, -0.05) is 25.3 Å². The van der Waals surface area contributed by atoms with Gasteiger partial charge in [0.15, 0.2) is 11.5 Å². The average molecular weight is 444 g/mol. The zero-order chi connectivity index (χ0) is 22.8. The van der Waals surface area contributed by atoms with Gasteiger partial charge in [-0.25, -0.2) is 9.67 Å². The summed E-state index contributed by atoms with van der Waals surface area (Å²) in [6.45, 7) is 1.89. The molecule has 0 spiro atoms. The van der Waals surface area contributed by atoms with E-state index in [-0.39, 0.29) is 17.8 Å². The quantitative estimate of drug-likeness (QED) is 0.643. The van der Waals surface area contributed by atoms with Crippen LogP contribution in [0.4, 0.5) is 13.2 Å². The number of amides is 1. The largest absolute Gasteiger partial charge is 0.435 e. The first kappa shape index (κ1) is 21.9. The second-order valence-corrected chi connectivity index (χ2v) is 8.12. The molecule has 0 aliphatic heterocycles. The number of carbonyl (C=O) groups excluding carboxylic acids is 1. The third-order valence-corrected chi connectivity index (χ3v) is 5.88. The molecule has 3 aromatic rings. The van der Waals surface area contributed by atoms with Gasteiger partial charge in [-0.05, 0) is 31.4 Å². The Morgan fingerprint density at radius 1 is 1.16 bits per heavy atom. The van der Waals surface area contributed by atoms with E-state index in [1.54, 1.807) is 19.3 Å². The molecule has 0 bridgehead atoms. The minimum absolute atomic E-state index is 0.105. The summed E-state index contributed by atoms with van der Waals surface area (Å²) >= 11 is 0. The highest BCUT2D eigenvalue weighted by Gasteiger charge is 2.40. The van der Waals surface area contributed by atoms with Crippen molar-refractivity contribution in [2.24, 2.45) is 0 Å². The van der Waals surface area contributed by atoms with Crippen molar-refractivity contribution < 1.29 is 18.0 Å². The van der Waals surface area contributed by atoms with E-state index in [9.17, 15) is 18.0 Å². The highest BCUT2D eigenvalue weighted by atomic mass is 19.4. The molecule has 1 aliphatic carbocycles. The van der Waals surface area contributed by atoms with Crippen molar-refractivity contribution in [3.8, 4) is 5.82 Å². The predicted molar refractivity (Wildman–Crippen MR) is 110 cm³/mol. The predicted octanol–water partition coefficient (Wildman–Crippen LogP) is 4.02. The summed E-state index contributed by atoms with van der Waals surface area (Å²) < 4.78 is 41.9. The van der Waals surface area contributed by atoms with E-state index in [2.05, 4.69) is 25.4 Å². The molecule has 32 heavy (non-hydrogen) atoms. The van der Waals surface area contributed by atoms with Gasteiger partial charge in [0, 0.05) is 36.7 Å². The molecule has 1 amide bonds. The van der Waals surface area contributed by atoms with Crippen LogP contribution in [0.5, 0.6) is 0 Å². The van der Waals surface area contributed by atoms with Gasteiger partial charge in [0.05, 0.1) is 17.5 Å². The molecule has 1 saturated carbocycles. The highest BCUT2D eigenvalue weighted by Crippen LogP contribution is 2.39. The Kier molecular flexibility index (Phi) is 5.94. The fourth-order valence-electron chi connectivity index (χ4n) is 4.24. The normalized spacial score (nSPS) is 16.0. The first-order chi connectivity index (χ1) is 15.3. The molecule has 0 radical (unpaired) electrons. The van der Waals surface area contributed by atoms with E-state index in [4.69, 9.17) is 0 Å². The van der Waals surface area contributed by atoms with Crippen molar-refractivity contribution in [1.29, 1.82) is 0 Å². The zero-order valence-electron chi connectivity index (χ0n) is 17.6. The minimum Gasteiger partial charge on any atom is -0.351 e. The maximum Gasteiger partial charge on any atom is 0.435 e. The molecule has 0 unspecified atom stereocenters. The van der Waals surface area contributed by atoms with E-state index >= 15 is 0 Å². The number of nitrogens with zero attached hydrogens (tertiary/aromatic N) is 5. The Balaban J connectivity index is 1.62. The molecule has 1 N–H and O–H groups in total. The van der Waals surface area contributed by atoms with Gasteiger partial charge in [0.2, 0.25) is 0 Å². The van der Waals surface area contributed by atoms with Gasteiger partial charge >= 0.3 is 6.18 Å². The maximum atomic E-state index is 13.7. The molecule has 10 heteroatoms. The lowest BCUT2D eigenvalue weighted by Gasteiger charge is -2.37. The zero-order valence-corrected chi connectivity index (χ0v) is 17.6. The number of carbonyl (C=O) groups is 1. The molecular weight excluding hydrogens is 421 g/mol. The fourth-order valence-corrected chi connectivity index (χ4v) is 4.24. The van der Waals surface area contributed by atoms with E-state index in [1.807, 2.05) is 12.1 Å². The number of hydrogen-bond acceptors (Lipinski definition) is 5. The van der Waals surface area contributed by atoms with Gasteiger partial charge in [-0.15, -0.1) is 0 Å². The standard InChI is InChI=1S/C22H23F3N6O/c1-15-10-27-12-18(29-15)31-13-17(19(30-31)22(23,24)25)20(32)28-14-21(7-3-2-4-8-21)16-6-5-9-26-11-16/h5-6,9-13H,2-4,7-8,14H2,1H3,(H,28,32). The molecule has 3 aromatic heterocycles. The van der Waals surface area contributed by atoms with E-state index in [0.717, 1.165) is 48.5 Å². The number of aromatic nitrogens is 5. The number of hydrogen-bond donors (Lipinski definition) is 1. The van der Waals surface area contributed by atoms with Crippen LogP contribution >= 0.6 is 0 Å². The Morgan fingerprint density at radius 2 is 1.94 bits per heavy atom. The van der Waals surface area contributed by atoms with Crippen molar-refractivity contribution in [3.63, 3.8) is 0 Å². The highest BCUT2D eigenvalue weighted by molar-refractivity contribution is 5.95. The van der Waals surface area contributed by atoms with Crippen LogP contribution in [0.25, 0.3) is 5.82 Å². The third-order valence-electron chi connectivity index (χ3n) is 5.88. The minimum atomic E-state index is -4.79. The molecule has 168 valence electrons. The number of alkyl halides is 3. The summed E-state index contributed by atoms with van der Waals surface area (Å²) in [6.07, 6.45) is 7.23. The summed E-state index contributed by atoms with van der Waals surface area (Å²) in [4.78, 5) is 25.2. The average Bonchev–Trinajstić information content (AvgIpc) is 3.25. The summed E-state index contributed by atoms with van der Waals surface area (Å²) in [6, 6.07) is 3.79. The second kappa shape index (κ2) is 8.68. The van der Waals surface area contributed by atoms with Gasteiger partial charge in [0.1, 0.15) is 0 Å². The lowest BCUT2D eigenvalue weighted by atomic mass is 9.70. The second-order valence-electron chi connectivity index (χ2n) is 8.12. The fraction of sp³-hybridized carbons (Fsp3) is 0.409. The molecule has 0 aromatic carbocycles. The van der Waals surface area contributed by atoms with Crippen molar-refractivity contribution in [2.75, 3.05) is 6.54 Å². The van der Waals surface area contributed by atoms with Crippen LogP contribution in [-0.2, 0) is 11.6 Å². The van der Waals surface area contributed by atoms with Crippen LogP contribution in [0.1, 0.15) is 59.4 Å². The Labute approximate surface area is 183 Å².